The summed E-state index contributed by atoms with van der Waals surface area (Å²) in [7, 11) is 0. The van der Waals surface area contributed by atoms with Crippen molar-refractivity contribution in [2.75, 3.05) is 0 Å². The minimum Gasteiger partial charge on any atom is -0.393 e. The van der Waals surface area contributed by atoms with Crippen LogP contribution in [0.15, 0.2) is 12.7 Å². The normalized spacial score (nSPS) is 15.9. The first-order chi connectivity index (χ1) is 5.22. The van der Waals surface area contributed by atoms with Crippen molar-refractivity contribution >= 4 is 0 Å². The molecule has 0 saturated carbocycles. The monoisotopic (exact) mass is 156 g/mol. The predicted octanol–water partition coefficient (Wildman–Crippen LogP) is 2.75. The van der Waals surface area contributed by atoms with Crippen molar-refractivity contribution < 1.29 is 5.11 Å². The van der Waals surface area contributed by atoms with Crippen LogP contribution >= 0.6 is 0 Å². The third kappa shape index (κ3) is 5.02. The maximum Gasteiger partial charge on any atom is 0.0600 e. The van der Waals surface area contributed by atoms with Crippen molar-refractivity contribution in [1.29, 1.82) is 0 Å². The quantitative estimate of drug-likeness (QED) is 0.586. The van der Waals surface area contributed by atoms with Crippen molar-refractivity contribution in [3.05, 3.63) is 12.7 Å². The summed E-state index contributed by atoms with van der Waals surface area (Å²) in [4.78, 5) is 0. The molecule has 2 atom stereocenters. The highest BCUT2D eigenvalue weighted by Crippen LogP contribution is 2.14. The molecule has 1 N–H and O–H groups in total. The van der Waals surface area contributed by atoms with E-state index in [0.29, 0.717) is 5.92 Å². The van der Waals surface area contributed by atoms with Gasteiger partial charge in [0.05, 0.1) is 6.10 Å². The van der Waals surface area contributed by atoms with Crippen molar-refractivity contribution in [3.63, 3.8) is 0 Å². The third-order valence-corrected chi connectivity index (χ3v) is 2.08. The van der Waals surface area contributed by atoms with E-state index in [1.165, 1.54) is 12.8 Å². The van der Waals surface area contributed by atoms with Crippen molar-refractivity contribution in [3.8, 4) is 0 Å². The van der Waals surface area contributed by atoms with E-state index in [4.69, 9.17) is 0 Å². The Bertz CT molecular complexity index is 99.0. The molecule has 1 heteroatoms. The number of unbranched alkanes of at least 4 members (excludes halogenated alkanes) is 1. The molecule has 0 aromatic carbocycles. The Hall–Kier alpha value is -0.300. The maximum absolute atomic E-state index is 9.47. The Labute approximate surface area is 70.1 Å². The van der Waals surface area contributed by atoms with Gasteiger partial charge in [0.15, 0.2) is 0 Å². The first-order valence-electron chi connectivity index (χ1n) is 4.51. The van der Waals surface area contributed by atoms with E-state index in [9.17, 15) is 5.11 Å². The molecule has 0 bridgehead atoms. The lowest BCUT2D eigenvalue weighted by Crippen LogP contribution is -2.16. The van der Waals surface area contributed by atoms with Gasteiger partial charge in [-0.15, -0.1) is 6.58 Å². The third-order valence-electron chi connectivity index (χ3n) is 2.08. The van der Waals surface area contributed by atoms with Crippen LogP contribution in [-0.2, 0) is 0 Å². The van der Waals surface area contributed by atoms with Gasteiger partial charge in [-0.2, -0.15) is 0 Å². The molecule has 66 valence electrons. The van der Waals surface area contributed by atoms with Crippen LogP contribution in [0.1, 0.15) is 39.5 Å². The Kier molecular flexibility index (Phi) is 6.24. The predicted molar refractivity (Wildman–Crippen MR) is 49.5 cm³/mol. The molecule has 2 unspecified atom stereocenters. The van der Waals surface area contributed by atoms with Crippen LogP contribution in [0.5, 0.6) is 0 Å². The number of aliphatic hydroxyl groups is 1. The van der Waals surface area contributed by atoms with E-state index in [1.54, 1.807) is 6.08 Å². The van der Waals surface area contributed by atoms with Crippen molar-refractivity contribution in [1.82, 2.24) is 0 Å². The highest BCUT2D eigenvalue weighted by molar-refractivity contribution is 4.75. The fraction of sp³-hybridized carbons (Fsp3) is 0.800. The Balaban J connectivity index is 3.45. The largest absolute Gasteiger partial charge is 0.393 e. The topological polar surface area (TPSA) is 20.2 Å². The summed E-state index contributed by atoms with van der Waals surface area (Å²) >= 11 is 0. The molecule has 1 nitrogen and oxygen atoms in total. The second kappa shape index (κ2) is 6.41. The Morgan fingerprint density at radius 3 is 2.64 bits per heavy atom. The fourth-order valence-corrected chi connectivity index (χ4v) is 1.12. The Morgan fingerprint density at radius 1 is 1.55 bits per heavy atom. The first kappa shape index (κ1) is 10.7. The molecule has 0 fully saturated rings. The molecule has 0 radical (unpaired) electrons. The molecule has 0 aliphatic rings. The molecule has 0 amide bonds. The summed E-state index contributed by atoms with van der Waals surface area (Å²) in [6, 6.07) is 0. The van der Waals surface area contributed by atoms with Gasteiger partial charge < -0.3 is 5.11 Å². The summed E-state index contributed by atoms with van der Waals surface area (Å²) in [5, 5.41) is 9.47. The van der Waals surface area contributed by atoms with Crippen LogP contribution in [0.4, 0.5) is 0 Å². The van der Waals surface area contributed by atoms with Crippen LogP contribution in [0.2, 0.25) is 0 Å². The summed E-state index contributed by atoms with van der Waals surface area (Å²) in [6.45, 7) is 7.88. The second-order valence-electron chi connectivity index (χ2n) is 3.21. The molecular weight excluding hydrogens is 136 g/mol. The lowest BCUT2D eigenvalue weighted by Gasteiger charge is -2.16. The minimum atomic E-state index is -0.181. The summed E-state index contributed by atoms with van der Waals surface area (Å²) in [6.07, 6.45) is 5.89. The standard InChI is InChI=1S/C10H20O/c1-4-6-8-9(3)10(11)7-5-2/h5,9-11H,2,4,6-8H2,1,3H3. The maximum atomic E-state index is 9.47. The highest BCUT2D eigenvalue weighted by Gasteiger charge is 2.10. The zero-order valence-electron chi connectivity index (χ0n) is 7.71. The van der Waals surface area contributed by atoms with Gasteiger partial charge in [0.25, 0.3) is 0 Å². The number of hydrogen-bond donors (Lipinski definition) is 1. The van der Waals surface area contributed by atoms with Crippen molar-refractivity contribution in [2.24, 2.45) is 5.92 Å². The fourth-order valence-electron chi connectivity index (χ4n) is 1.12. The van der Waals surface area contributed by atoms with E-state index in [2.05, 4.69) is 20.4 Å². The van der Waals surface area contributed by atoms with Crippen LogP contribution in [0.3, 0.4) is 0 Å². The van der Waals surface area contributed by atoms with E-state index in [-0.39, 0.29) is 6.10 Å². The number of hydrogen-bond acceptors (Lipinski definition) is 1. The number of rotatable bonds is 6. The van der Waals surface area contributed by atoms with Gasteiger partial charge in [0.2, 0.25) is 0 Å². The van der Waals surface area contributed by atoms with E-state index in [0.717, 1.165) is 12.8 Å². The Morgan fingerprint density at radius 2 is 2.18 bits per heavy atom. The summed E-state index contributed by atoms with van der Waals surface area (Å²) in [5.74, 6) is 0.424. The van der Waals surface area contributed by atoms with Gasteiger partial charge >= 0.3 is 0 Å². The molecule has 0 aromatic rings. The summed E-state index contributed by atoms with van der Waals surface area (Å²) in [5.41, 5.74) is 0. The average Bonchev–Trinajstić information content (AvgIpc) is 2.00. The smallest absolute Gasteiger partial charge is 0.0600 e. The van der Waals surface area contributed by atoms with Crippen molar-refractivity contribution in [2.45, 2.75) is 45.6 Å². The van der Waals surface area contributed by atoms with Crippen LogP contribution in [0, 0.1) is 5.92 Å². The van der Waals surface area contributed by atoms with Gasteiger partial charge in [-0.3, -0.25) is 0 Å². The molecule has 0 aliphatic carbocycles. The zero-order valence-corrected chi connectivity index (χ0v) is 7.71. The average molecular weight is 156 g/mol. The second-order valence-corrected chi connectivity index (χ2v) is 3.21. The van der Waals surface area contributed by atoms with E-state index in [1.807, 2.05) is 0 Å². The van der Waals surface area contributed by atoms with E-state index < -0.39 is 0 Å². The summed E-state index contributed by atoms with van der Waals surface area (Å²) < 4.78 is 0. The van der Waals surface area contributed by atoms with Gasteiger partial charge in [0.1, 0.15) is 0 Å². The molecule has 0 spiro atoms. The molecular formula is C10H20O. The molecule has 0 aromatic heterocycles. The molecule has 0 rings (SSSR count). The van der Waals surface area contributed by atoms with Crippen LogP contribution in [-0.4, -0.2) is 11.2 Å². The molecule has 0 aliphatic heterocycles. The molecule has 0 saturated heterocycles. The van der Waals surface area contributed by atoms with Crippen LogP contribution < -0.4 is 0 Å². The highest BCUT2D eigenvalue weighted by atomic mass is 16.3. The van der Waals surface area contributed by atoms with Crippen LogP contribution in [0.25, 0.3) is 0 Å². The SMILES string of the molecule is C=CCC(O)C(C)CCCC. The molecule has 0 heterocycles. The lowest BCUT2D eigenvalue weighted by molar-refractivity contribution is 0.113. The minimum absolute atomic E-state index is 0.181. The molecule has 11 heavy (non-hydrogen) atoms. The first-order valence-corrected chi connectivity index (χ1v) is 4.51. The zero-order chi connectivity index (χ0) is 8.69. The van der Waals surface area contributed by atoms with Gasteiger partial charge in [-0.05, 0) is 18.8 Å². The van der Waals surface area contributed by atoms with Gasteiger partial charge in [-0.1, -0.05) is 32.8 Å². The lowest BCUT2D eigenvalue weighted by atomic mass is 9.96. The van der Waals surface area contributed by atoms with E-state index >= 15 is 0 Å². The van der Waals surface area contributed by atoms with Gasteiger partial charge in [0, 0.05) is 0 Å². The number of aliphatic hydroxyl groups excluding tert-OH is 1. The van der Waals surface area contributed by atoms with Gasteiger partial charge in [-0.25, -0.2) is 0 Å².